The van der Waals surface area contributed by atoms with E-state index in [1.807, 2.05) is 0 Å². The molecule has 11 amide bonds. The Kier molecular flexibility index (Phi) is 26.6. The van der Waals surface area contributed by atoms with Gasteiger partial charge in [-0.1, -0.05) is 64.3 Å². The first-order valence-corrected chi connectivity index (χ1v) is 40.0. The van der Waals surface area contributed by atoms with Crippen molar-refractivity contribution in [3.63, 3.8) is 0 Å². The summed E-state index contributed by atoms with van der Waals surface area (Å²) in [4.78, 5) is 198. The number of nitrogens with one attached hydrogen (secondary N) is 12. The van der Waals surface area contributed by atoms with Gasteiger partial charge in [0.25, 0.3) is 35.4 Å². The lowest BCUT2D eigenvalue weighted by atomic mass is 9.81. The van der Waals surface area contributed by atoms with Crippen molar-refractivity contribution in [2.75, 3.05) is 5.75 Å². The van der Waals surface area contributed by atoms with Crippen molar-refractivity contribution in [1.82, 2.24) is 88.7 Å². The zero-order valence-electron chi connectivity index (χ0n) is 62.9. The summed E-state index contributed by atoms with van der Waals surface area (Å²) < 4.78 is 6.27. The number of cyclic esters (lactones) is 1. The van der Waals surface area contributed by atoms with Crippen molar-refractivity contribution in [1.29, 1.82) is 0 Å². The molecule has 5 aromatic rings. The van der Waals surface area contributed by atoms with Crippen LogP contribution in [0.15, 0.2) is 93.3 Å². The van der Waals surface area contributed by atoms with Crippen LogP contribution >= 0.6 is 57.1 Å². The number of pyridine rings is 1. The van der Waals surface area contributed by atoms with Crippen LogP contribution in [0.1, 0.15) is 197 Å². The smallest absolute Gasteiger partial charge is 0.357 e. The Morgan fingerprint density at radius 3 is 2.12 bits per heavy atom. The highest BCUT2D eigenvalue weighted by molar-refractivity contribution is 8.14. The number of allylic oxidation sites excluding steroid dienone is 1. The minimum Gasteiger partial charge on any atom is -0.455 e. The van der Waals surface area contributed by atoms with Crippen LogP contribution in [0, 0.1) is 5.92 Å². The molecule has 5 aromatic heterocycles. The van der Waals surface area contributed by atoms with Gasteiger partial charge >= 0.3 is 5.97 Å². The number of thiazole rings is 4. The van der Waals surface area contributed by atoms with E-state index in [-0.39, 0.29) is 88.2 Å². The van der Waals surface area contributed by atoms with E-state index in [1.54, 1.807) is 26.8 Å². The number of carbonyl (C=O) groups excluding carboxylic acids is 12. The SMILES string of the molecule is C=C(NC(=O)C(=C)NC(=O)c1csc(C2=CCC34NC(=O)C(C)NC(=O)C(=C)NC(=O)C(C)NC(=O)C(C(C)CC)NC5C=Cc6c(C(C)O)cc(nc6C5O)C(=O)OC(C)C(NC(=O)c5csc(n5)C(C(C)(O)C(C)O)NC(=O)C5CSC(=N5)/C(=C/C)NC(=O)C(C(C)O)NC(=O)c5csc3n5)c3nc(cs3)C4N2)n1)C(N)=O. The number of aliphatic hydroxyl groups excluding tert-OH is 4. The molecule has 42 heteroatoms. The number of aromatic nitrogens is 5. The van der Waals surface area contributed by atoms with Gasteiger partial charge in [-0.15, -0.1) is 57.1 Å². The summed E-state index contributed by atoms with van der Waals surface area (Å²) in [5, 5.41) is 95.7. The highest BCUT2D eigenvalue weighted by Crippen LogP contribution is 2.46. The van der Waals surface area contributed by atoms with Crippen molar-refractivity contribution < 1.29 is 87.8 Å². The normalized spacial score (nSPS) is 26.8. The van der Waals surface area contributed by atoms with Crippen LogP contribution in [0.2, 0.25) is 0 Å². The van der Waals surface area contributed by atoms with Crippen molar-refractivity contribution in [2.45, 2.75) is 178 Å². The summed E-state index contributed by atoms with van der Waals surface area (Å²) in [6.07, 6.45) is -1.55. The molecule has 0 saturated carbocycles. The Morgan fingerprint density at radius 1 is 0.763 bits per heavy atom. The second kappa shape index (κ2) is 35.4. The molecule has 9 heterocycles. The van der Waals surface area contributed by atoms with Gasteiger partial charge in [-0.05, 0) is 79.4 Å². The number of ether oxygens (including phenoxy) is 1. The van der Waals surface area contributed by atoms with Gasteiger partial charge in [-0.3, -0.25) is 63.0 Å². The van der Waals surface area contributed by atoms with Crippen molar-refractivity contribution >= 4 is 145 Å². The van der Waals surface area contributed by atoms with Gasteiger partial charge in [0, 0.05) is 32.8 Å². The third-order valence-electron chi connectivity index (χ3n) is 19.4. The number of primary amides is 1. The Hall–Kier alpha value is -10.7. The lowest BCUT2D eigenvalue weighted by Crippen LogP contribution is -2.59. The number of aliphatic imine (C=N–C) groups is 1. The molecule has 0 fully saturated rings. The summed E-state index contributed by atoms with van der Waals surface area (Å²) in [5.74, 6) is -12.2. The zero-order chi connectivity index (χ0) is 83.4. The Morgan fingerprint density at radius 2 is 1.45 bits per heavy atom. The van der Waals surface area contributed by atoms with Crippen LogP contribution in [0.4, 0.5) is 0 Å². The summed E-state index contributed by atoms with van der Waals surface area (Å²) in [6.45, 7) is 24.9. The fourth-order valence-corrected chi connectivity index (χ4v) is 17.1. The first kappa shape index (κ1) is 85.8. The number of thioether (sulfide) groups is 1. The van der Waals surface area contributed by atoms with E-state index in [4.69, 9.17) is 20.4 Å². The maximum Gasteiger partial charge on any atom is 0.357 e. The Balaban J connectivity index is 1.17. The summed E-state index contributed by atoms with van der Waals surface area (Å²) >= 11 is 4.43. The molecule has 37 nitrogen and oxygen atoms in total. The maximum atomic E-state index is 15.4. The number of esters is 1. The van der Waals surface area contributed by atoms with Gasteiger partial charge in [-0.2, -0.15) is 0 Å². The van der Waals surface area contributed by atoms with Crippen molar-refractivity contribution in [2.24, 2.45) is 16.6 Å². The molecule has 0 spiro atoms. The molecule has 1 aliphatic carbocycles. The van der Waals surface area contributed by atoms with Crippen LogP contribution in [-0.2, 0) is 48.6 Å². The average Bonchev–Trinajstić information content (AvgIpc) is 1.47. The Labute approximate surface area is 671 Å². The van der Waals surface area contributed by atoms with Gasteiger partial charge in [0.15, 0.2) is 0 Å². The van der Waals surface area contributed by atoms with E-state index in [0.717, 1.165) is 57.1 Å². The molecule has 17 atom stereocenters. The molecule has 0 radical (unpaired) electrons. The Bertz CT molecular complexity index is 4880. The number of nitrogens with zero attached hydrogens (tertiary/aromatic N) is 6. The number of amides is 11. The summed E-state index contributed by atoms with van der Waals surface area (Å²) in [5.41, 5.74) is -1.74. The molecule has 5 aliphatic rings. The number of nitrogens with two attached hydrogens (primary N) is 1. The largest absolute Gasteiger partial charge is 0.455 e. The number of hydrogen-bond acceptors (Lipinski definition) is 31. The van der Waals surface area contributed by atoms with Gasteiger partial charge < -0.3 is 94.5 Å². The predicted molar refractivity (Wildman–Crippen MR) is 418 cm³/mol. The van der Waals surface area contributed by atoms with Crippen molar-refractivity contribution in [3.8, 4) is 0 Å². The second-order valence-corrected chi connectivity index (χ2v) is 32.2. The monoisotopic (exact) mass is 1660 g/mol. The molecule has 0 saturated heterocycles. The van der Waals surface area contributed by atoms with E-state index in [1.165, 1.54) is 94.3 Å². The summed E-state index contributed by atoms with van der Waals surface area (Å²) in [6, 6.07) is -11.5. The lowest BCUT2D eigenvalue weighted by Gasteiger charge is -2.43. The third kappa shape index (κ3) is 18.6. The molecule has 19 N–H and O–H groups in total. The number of rotatable bonds is 12. The van der Waals surface area contributed by atoms with Crippen LogP contribution in [0.25, 0.3) is 11.8 Å². The highest BCUT2D eigenvalue weighted by atomic mass is 32.2. The minimum absolute atomic E-state index is 0.0158. The molecule has 0 aromatic carbocycles. The van der Waals surface area contributed by atoms with Gasteiger partial charge in [0.05, 0.1) is 76.3 Å². The number of hydrogen-bond donors (Lipinski definition) is 18. The van der Waals surface area contributed by atoms with E-state index >= 15 is 14.4 Å². The van der Waals surface area contributed by atoms with E-state index in [9.17, 15) is 68.7 Å². The molecule has 13 bridgehead atoms. The van der Waals surface area contributed by atoms with Crippen LogP contribution in [0.3, 0.4) is 0 Å². The molecule has 114 heavy (non-hydrogen) atoms. The predicted octanol–water partition coefficient (Wildman–Crippen LogP) is 0.525. The van der Waals surface area contributed by atoms with Gasteiger partial charge in [-0.25, -0.2) is 29.7 Å². The van der Waals surface area contributed by atoms with Crippen LogP contribution in [-0.4, -0.2) is 192 Å². The third-order valence-corrected chi connectivity index (χ3v) is 24.2. The number of fused-ring (bicyclic) bond motifs is 7. The standard InChI is InChI=1S/C72H85N19O18S5/c1-14-26(3)47-63(105)78-30(7)57(99)75-28(5)56(98)76-31(8)58(100)91-72-19-18-40(66-85-43(22-111-66)59(101)77-29(6)55(97)74-27(4)54(73)96)81-52(72)42-21-112-67(83-42)49(34(11)109-69(107)41-20-37(32(9)92)36-16-17-39(79-47)51(95)50(36)80-41)89-60(102)44-24-113-68(86-44)53(71(13,108)35(12)94)90-62(104)45-23-110-65(84-45)38(15-2)82-64(106)48(33(10)93)88-61(103)46-25-114-70(72)87-46/h15-18,20-22,24-26,30-35,39,45,47-49,51-53,79,81,92-95,108H,4-6,14,19,23H2,1-3,7-13H3,(H2,73,96)(H,74,97)(H,75,99)(H,76,98)(H,77,101)(H,78,105)(H,82,106)(H,88,103)(H,89,102)(H,90,104)(H,91,100)/b38-15-. The molecular weight excluding hydrogens is 1580 g/mol. The van der Waals surface area contributed by atoms with E-state index < -0.39 is 196 Å². The second-order valence-electron chi connectivity index (χ2n) is 27.7. The topological polar surface area (TPSA) is 562 Å². The van der Waals surface area contributed by atoms with Crippen molar-refractivity contribution in [3.05, 3.63) is 154 Å². The quantitative estimate of drug-likeness (QED) is 0.0598. The van der Waals surface area contributed by atoms with Gasteiger partial charge in [0.1, 0.15) is 107 Å². The maximum absolute atomic E-state index is 15.4. The van der Waals surface area contributed by atoms with Crippen LogP contribution in [0.5, 0.6) is 0 Å². The average molecular weight is 1660 g/mol. The first-order valence-electron chi connectivity index (χ1n) is 35.5. The molecule has 10 rings (SSSR count). The number of aliphatic hydroxyl groups is 5. The van der Waals surface area contributed by atoms with Gasteiger partial charge in [0.2, 0.25) is 29.5 Å². The fourth-order valence-electron chi connectivity index (χ4n) is 12.2. The minimum atomic E-state index is -2.21. The molecule has 606 valence electrons. The lowest BCUT2D eigenvalue weighted by molar-refractivity contribution is -0.131. The summed E-state index contributed by atoms with van der Waals surface area (Å²) in [7, 11) is 0. The molecular formula is C72H85N19O18S5. The van der Waals surface area contributed by atoms with E-state index in [0.29, 0.717) is 6.42 Å². The number of carbonyl (C=O) groups is 12. The van der Waals surface area contributed by atoms with E-state index in [2.05, 4.69) is 103 Å². The van der Waals surface area contributed by atoms with Crippen LogP contribution < -0.4 is 69.5 Å². The molecule has 4 aliphatic heterocycles. The first-order chi connectivity index (χ1) is 53.7. The molecule has 17 unspecified atom stereocenters. The zero-order valence-corrected chi connectivity index (χ0v) is 67.0. The fraction of sp³-hybridized carbons (Fsp3) is 0.417. The highest BCUT2D eigenvalue weighted by Gasteiger charge is 2.51.